The molecule has 0 unspecified atom stereocenters. The number of nitrogens with zero attached hydrogens (tertiary/aromatic N) is 3. The van der Waals surface area contributed by atoms with Crippen molar-refractivity contribution in [1.82, 2.24) is 15.0 Å². The van der Waals surface area contributed by atoms with Gasteiger partial charge in [-0.25, -0.2) is 4.98 Å². The third kappa shape index (κ3) is 4.98. The first-order chi connectivity index (χ1) is 10.7. The van der Waals surface area contributed by atoms with Crippen LogP contribution in [0.3, 0.4) is 0 Å². The largest absolute Gasteiger partial charge is 0.478 e. The minimum atomic E-state index is 0.260. The molecule has 0 bridgehead atoms. The number of anilines is 1. The molecule has 2 heterocycles. The Hall–Kier alpha value is -2.17. The van der Waals surface area contributed by atoms with Crippen LogP contribution in [0.4, 0.5) is 5.82 Å². The maximum atomic E-state index is 5.73. The molecule has 0 spiro atoms. The number of pyridine rings is 1. The highest BCUT2D eigenvalue weighted by molar-refractivity contribution is 5.39. The molecule has 0 radical (unpaired) electrons. The van der Waals surface area contributed by atoms with Gasteiger partial charge in [-0.2, -0.15) is 4.98 Å². The van der Waals surface area contributed by atoms with Crippen LogP contribution in [0.1, 0.15) is 50.9 Å². The van der Waals surface area contributed by atoms with Crippen LogP contribution in [-0.2, 0) is 6.54 Å². The monoisotopic (exact) mass is 300 g/mol. The van der Waals surface area contributed by atoms with E-state index in [1.54, 1.807) is 12.4 Å². The second-order valence-corrected chi connectivity index (χ2v) is 5.52. The van der Waals surface area contributed by atoms with E-state index in [1.165, 1.54) is 0 Å². The lowest BCUT2D eigenvalue weighted by Gasteiger charge is -2.12. The fourth-order valence-corrected chi connectivity index (χ4v) is 1.88. The first-order valence-electron chi connectivity index (χ1n) is 7.83. The Bertz CT molecular complexity index is 572. The normalized spacial score (nSPS) is 10.7. The van der Waals surface area contributed by atoms with E-state index in [9.17, 15) is 0 Å². The summed E-state index contributed by atoms with van der Waals surface area (Å²) in [4.78, 5) is 13.1. The van der Waals surface area contributed by atoms with Gasteiger partial charge < -0.3 is 10.1 Å². The molecule has 0 saturated heterocycles. The second kappa shape index (κ2) is 8.32. The summed E-state index contributed by atoms with van der Waals surface area (Å²) in [5.41, 5.74) is 1.16. The van der Waals surface area contributed by atoms with E-state index >= 15 is 0 Å². The Morgan fingerprint density at radius 2 is 1.95 bits per heavy atom. The predicted molar refractivity (Wildman–Crippen MR) is 88.1 cm³/mol. The van der Waals surface area contributed by atoms with E-state index < -0.39 is 0 Å². The molecule has 0 aliphatic heterocycles. The Morgan fingerprint density at radius 1 is 1.18 bits per heavy atom. The lowest BCUT2D eigenvalue weighted by Crippen LogP contribution is -2.08. The highest BCUT2D eigenvalue weighted by Crippen LogP contribution is 2.19. The SMILES string of the molecule is CCCCOc1cc(NCc2ccncc2)nc(C(C)C)n1. The van der Waals surface area contributed by atoms with Crippen molar-refractivity contribution in [2.24, 2.45) is 0 Å². The average molecular weight is 300 g/mol. The molecule has 0 aromatic carbocycles. The Morgan fingerprint density at radius 3 is 2.64 bits per heavy atom. The molecule has 1 N–H and O–H groups in total. The maximum Gasteiger partial charge on any atom is 0.218 e. The first kappa shape index (κ1) is 16.2. The molecular formula is C17H24N4O. The van der Waals surface area contributed by atoms with Gasteiger partial charge in [0.2, 0.25) is 5.88 Å². The van der Waals surface area contributed by atoms with Gasteiger partial charge in [0.05, 0.1) is 6.61 Å². The topological polar surface area (TPSA) is 59.9 Å². The van der Waals surface area contributed by atoms with Crippen molar-refractivity contribution in [3.63, 3.8) is 0 Å². The van der Waals surface area contributed by atoms with Crippen molar-refractivity contribution < 1.29 is 4.74 Å². The summed E-state index contributed by atoms with van der Waals surface area (Å²) >= 11 is 0. The van der Waals surface area contributed by atoms with Crippen LogP contribution in [-0.4, -0.2) is 21.6 Å². The third-order valence-corrected chi connectivity index (χ3v) is 3.21. The summed E-state index contributed by atoms with van der Waals surface area (Å²) in [5, 5.41) is 3.33. The van der Waals surface area contributed by atoms with E-state index in [1.807, 2.05) is 18.2 Å². The van der Waals surface area contributed by atoms with Crippen LogP contribution in [0.5, 0.6) is 5.88 Å². The lowest BCUT2D eigenvalue weighted by atomic mass is 10.2. The van der Waals surface area contributed by atoms with Crippen molar-refractivity contribution in [1.29, 1.82) is 0 Å². The molecule has 2 aromatic heterocycles. The summed E-state index contributed by atoms with van der Waals surface area (Å²) in [6.45, 7) is 7.69. The third-order valence-electron chi connectivity index (χ3n) is 3.21. The zero-order chi connectivity index (χ0) is 15.8. The number of unbranched alkanes of at least 4 members (excludes halogenated alkanes) is 1. The predicted octanol–water partition coefficient (Wildman–Crippen LogP) is 3.79. The molecule has 0 atom stereocenters. The van der Waals surface area contributed by atoms with Crippen molar-refractivity contribution in [3.05, 3.63) is 42.0 Å². The van der Waals surface area contributed by atoms with Crippen LogP contribution >= 0.6 is 0 Å². The number of nitrogens with one attached hydrogen (secondary N) is 1. The first-order valence-corrected chi connectivity index (χ1v) is 7.83. The summed E-state index contributed by atoms with van der Waals surface area (Å²) in [7, 11) is 0. The molecule has 22 heavy (non-hydrogen) atoms. The molecular weight excluding hydrogens is 276 g/mol. The summed E-state index contributed by atoms with van der Waals surface area (Å²) in [5.74, 6) is 2.49. The van der Waals surface area contributed by atoms with Crippen molar-refractivity contribution in [2.75, 3.05) is 11.9 Å². The quantitative estimate of drug-likeness (QED) is 0.752. The van der Waals surface area contributed by atoms with Crippen LogP contribution in [0.25, 0.3) is 0 Å². The minimum Gasteiger partial charge on any atom is -0.478 e. The molecule has 0 fully saturated rings. The number of aromatic nitrogens is 3. The molecule has 0 aliphatic rings. The van der Waals surface area contributed by atoms with Crippen LogP contribution < -0.4 is 10.1 Å². The fourth-order valence-electron chi connectivity index (χ4n) is 1.88. The molecule has 5 nitrogen and oxygen atoms in total. The number of ether oxygens (including phenoxy) is 1. The Labute approximate surface area is 132 Å². The van der Waals surface area contributed by atoms with Gasteiger partial charge in [0.1, 0.15) is 11.6 Å². The molecule has 5 heteroatoms. The lowest BCUT2D eigenvalue weighted by molar-refractivity contribution is 0.296. The summed E-state index contributed by atoms with van der Waals surface area (Å²) in [6, 6.07) is 5.83. The zero-order valence-electron chi connectivity index (χ0n) is 13.5. The van der Waals surface area contributed by atoms with Crippen molar-refractivity contribution in [2.45, 2.75) is 46.1 Å². The molecule has 2 rings (SSSR count). The number of rotatable bonds is 8. The standard InChI is InChI=1S/C17H24N4O/c1-4-5-10-22-16-11-15(20-17(21-16)13(2)3)19-12-14-6-8-18-9-7-14/h6-9,11,13H,4-5,10,12H2,1-3H3,(H,19,20,21). The highest BCUT2D eigenvalue weighted by Gasteiger charge is 2.09. The van der Waals surface area contributed by atoms with Crippen molar-refractivity contribution >= 4 is 5.82 Å². The zero-order valence-corrected chi connectivity index (χ0v) is 13.5. The summed E-state index contributed by atoms with van der Waals surface area (Å²) in [6.07, 6.45) is 5.71. The Kier molecular flexibility index (Phi) is 6.13. The van der Waals surface area contributed by atoms with Gasteiger partial charge in [0.25, 0.3) is 0 Å². The van der Waals surface area contributed by atoms with E-state index in [4.69, 9.17) is 4.74 Å². The van der Waals surface area contributed by atoms with Gasteiger partial charge in [-0.1, -0.05) is 27.2 Å². The molecule has 0 saturated carbocycles. The van der Waals surface area contributed by atoms with Gasteiger partial charge >= 0.3 is 0 Å². The van der Waals surface area contributed by atoms with Crippen LogP contribution in [0.15, 0.2) is 30.6 Å². The Balaban J connectivity index is 2.08. The maximum absolute atomic E-state index is 5.73. The van der Waals surface area contributed by atoms with Gasteiger partial charge in [0, 0.05) is 30.9 Å². The van der Waals surface area contributed by atoms with E-state index in [0.29, 0.717) is 19.0 Å². The van der Waals surface area contributed by atoms with Gasteiger partial charge in [-0.05, 0) is 24.1 Å². The minimum absolute atomic E-state index is 0.260. The molecule has 0 amide bonds. The molecule has 118 valence electrons. The fraction of sp³-hybridized carbons (Fsp3) is 0.471. The van der Waals surface area contributed by atoms with E-state index in [0.717, 1.165) is 30.0 Å². The van der Waals surface area contributed by atoms with E-state index in [-0.39, 0.29) is 5.92 Å². The summed E-state index contributed by atoms with van der Waals surface area (Å²) < 4.78 is 5.73. The van der Waals surface area contributed by atoms with Crippen LogP contribution in [0, 0.1) is 0 Å². The van der Waals surface area contributed by atoms with Crippen LogP contribution in [0.2, 0.25) is 0 Å². The number of hydrogen-bond donors (Lipinski definition) is 1. The molecule has 2 aromatic rings. The smallest absolute Gasteiger partial charge is 0.218 e. The van der Waals surface area contributed by atoms with Crippen molar-refractivity contribution in [3.8, 4) is 5.88 Å². The van der Waals surface area contributed by atoms with Gasteiger partial charge in [-0.3, -0.25) is 4.98 Å². The van der Waals surface area contributed by atoms with Gasteiger partial charge in [-0.15, -0.1) is 0 Å². The average Bonchev–Trinajstić information content (AvgIpc) is 2.54. The number of hydrogen-bond acceptors (Lipinski definition) is 5. The van der Waals surface area contributed by atoms with E-state index in [2.05, 4.69) is 41.0 Å². The second-order valence-electron chi connectivity index (χ2n) is 5.52. The molecule has 0 aliphatic carbocycles. The highest BCUT2D eigenvalue weighted by atomic mass is 16.5. The van der Waals surface area contributed by atoms with Gasteiger partial charge in [0.15, 0.2) is 0 Å².